The van der Waals surface area contributed by atoms with Gasteiger partial charge in [-0.1, -0.05) is 48.9 Å². The van der Waals surface area contributed by atoms with Crippen molar-refractivity contribution in [2.75, 3.05) is 0 Å². The molecule has 2 fully saturated rings. The first-order valence-electron chi connectivity index (χ1n) is 12.6. The van der Waals surface area contributed by atoms with Crippen molar-refractivity contribution in [3.05, 3.63) is 64.8 Å². The topological polar surface area (TPSA) is 37.3 Å². The Morgan fingerprint density at radius 2 is 1.83 bits per heavy atom. The fourth-order valence-electron chi connectivity index (χ4n) is 7.74. The van der Waals surface area contributed by atoms with Gasteiger partial charge in [-0.15, -0.1) is 0 Å². The number of halogens is 5. The van der Waals surface area contributed by atoms with Crippen molar-refractivity contribution in [1.29, 1.82) is 0 Å². The zero-order valence-electron chi connectivity index (χ0n) is 20.5. The van der Waals surface area contributed by atoms with Crippen molar-refractivity contribution in [2.24, 2.45) is 17.3 Å². The molecule has 1 aromatic rings. The standard InChI is InChI=1S/C29H31F5O2/c1-16(2)17-5-4-6-18(13-17)23-15-26(3)24(11-12-27(26,36)28(30,31)29(32,33)34)22-9-7-19-14-20(35)8-10-21(19)25(22)23/h4-6,13-14,22-24,36H,1,7-12,15H2,2-3H3/t22-,23+,24-,26-,27-/m0/s1. The van der Waals surface area contributed by atoms with E-state index in [0.717, 1.165) is 33.4 Å². The van der Waals surface area contributed by atoms with Gasteiger partial charge in [-0.25, -0.2) is 0 Å². The van der Waals surface area contributed by atoms with Crippen LogP contribution >= 0.6 is 0 Å². The molecule has 36 heavy (non-hydrogen) atoms. The number of fused-ring (bicyclic) bond motifs is 4. The molecule has 0 spiro atoms. The van der Waals surface area contributed by atoms with E-state index in [4.69, 9.17) is 0 Å². The Labute approximate surface area is 208 Å². The summed E-state index contributed by atoms with van der Waals surface area (Å²) in [6, 6.07) is 7.56. The van der Waals surface area contributed by atoms with Crippen LogP contribution in [0.2, 0.25) is 0 Å². The van der Waals surface area contributed by atoms with Gasteiger partial charge in [-0.3, -0.25) is 4.79 Å². The molecule has 1 N–H and O–H groups in total. The van der Waals surface area contributed by atoms with Crippen LogP contribution in [0.15, 0.2) is 53.6 Å². The summed E-state index contributed by atoms with van der Waals surface area (Å²) in [6.07, 6.45) is -2.59. The van der Waals surface area contributed by atoms with Gasteiger partial charge in [-0.2, -0.15) is 22.0 Å². The number of allylic oxidation sites excluding steroid dienone is 5. The summed E-state index contributed by atoms with van der Waals surface area (Å²) in [6.45, 7) is 7.29. The Hall–Kier alpha value is -2.28. The molecule has 7 heteroatoms. The van der Waals surface area contributed by atoms with E-state index >= 15 is 8.78 Å². The monoisotopic (exact) mass is 506 g/mol. The first-order valence-corrected chi connectivity index (χ1v) is 12.6. The summed E-state index contributed by atoms with van der Waals surface area (Å²) in [5.74, 6) is -6.32. The number of aliphatic hydroxyl groups is 1. The predicted octanol–water partition coefficient (Wildman–Crippen LogP) is 7.55. The van der Waals surface area contributed by atoms with E-state index in [1.165, 1.54) is 6.92 Å². The molecule has 0 radical (unpaired) electrons. The molecule has 0 saturated heterocycles. The smallest absolute Gasteiger partial charge is 0.383 e. The van der Waals surface area contributed by atoms with Crippen LogP contribution < -0.4 is 0 Å². The lowest BCUT2D eigenvalue weighted by atomic mass is 9.50. The van der Waals surface area contributed by atoms with E-state index in [1.807, 2.05) is 31.2 Å². The predicted molar refractivity (Wildman–Crippen MR) is 127 cm³/mol. The molecular formula is C29H31F5O2. The number of ketones is 1. The molecule has 4 aliphatic carbocycles. The van der Waals surface area contributed by atoms with Crippen LogP contribution in [0.3, 0.4) is 0 Å². The first kappa shape index (κ1) is 25.4. The Balaban J connectivity index is 1.71. The highest BCUT2D eigenvalue weighted by Gasteiger charge is 2.79. The molecule has 2 saturated carbocycles. The molecule has 5 rings (SSSR count). The minimum absolute atomic E-state index is 0.0178. The van der Waals surface area contributed by atoms with Gasteiger partial charge in [-0.05, 0) is 85.6 Å². The van der Waals surface area contributed by atoms with Gasteiger partial charge in [0.2, 0.25) is 0 Å². The third-order valence-electron chi connectivity index (χ3n) is 9.54. The molecule has 1 aromatic carbocycles. The Bertz CT molecular complexity index is 1190. The number of benzene rings is 1. The van der Waals surface area contributed by atoms with Crippen LogP contribution in [0.25, 0.3) is 5.57 Å². The fourth-order valence-corrected chi connectivity index (χ4v) is 7.74. The molecular weight excluding hydrogens is 475 g/mol. The SMILES string of the molecule is C=C(C)c1cccc([C@H]2C[C@@]3(C)[C@@H](CC[C@@]3(O)C(F)(F)C(F)(F)F)[C@@H]3CCC4=CC(=O)CCC4=C32)c1. The number of hydrogen-bond donors (Lipinski definition) is 1. The van der Waals surface area contributed by atoms with Crippen LogP contribution in [0.1, 0.15) is 75.8 Å². The molecule has 0 heterocycles. The highest BCUT2D eigenvalue weighted by molar-refractivity contribution is 5.93. The Kier molecular flexibility index (Phi) is 5.71. The lowest BCUT2D eigenvalue weighted by Gasteiger charge is -2.56. The summed E-state index contributed by atoms with van der Waals surface area (Å²) in [4.78, 5) is 12.1. The van der Waals surface area contributed by atoms with Crippen molar-refractivity contribution in [2.45, 2.75) is 82.4 Å². The second kappa shape index (κ2) is 8.11. The quantitative estimate of drug-likeness (QED) is 0.430. The van der Waals surface area contributed by atoms with Crippen LogP contribution in [-0.2, 0) is 4.79 Å². The van der Waals surface area contributed by atoms with Crippen molar-refractivity contribution >= 4 is 11.4 Å². The average Bonchev–Trinajstić information content (AvgIpc) is 3.09. The van der Waals surface area contributed by atoms with Gasteiger partial charge in [0.05, 0.1) is 0 Å². The van der Waals surface area contributed by atoms with Crippen molar-refractivity contribution in [1.82, 2.24) is 0 Å². The van der Waals surface area contributed by atoms with Crippen molar-refractivity contribution < 1.29 is 31.9 Å². The van der Waals surface area contributed by atoms with E-state index in [1.54, 1.807) is 6.08 Å². The molecule has 0 aromatic heterocycles. The van der Waals surface area contributed by atoms with Gasteiger partial charge in [0, 0.05) is 17.8 Å². The lowest BCUT2D eigenvalue weighted by Crippen LogP contribution is -2.65. The number of alkyl halides is 5. The summed E-state index contributed by atoms with van der Waals surface area (Å²) < 4.78 is 71.0. The van der Waals surface area contributed by atoms with Crippen LogP contribution in [0.5, 0.6) is 0 Å². The number of carbonyl (C=O) groups is 1. The fraction of sp³-hybridized carbons (Fsp3) is 0.552. The third kappa shape index (κ3) is 3.41. The van der Waals surface area contributed by atoms with Gasteiger partial charge in [0.25, 0.3) is 0 Å². The summed E-state index contributed by atoms with van der Waals surface area (Å²) >= 11 is 0. The minimum Gasteiger partial charge on any atom is -0.383 e. The number of carbonyl (C=O) groups excluding carboxylic acids is 1. The molecule has 0 unspecified atom stereocenters. The van der Waals surface area contributed by atoms with E-state index in [0.29, 0.717) is 25.7 Å². The van der Waals surface area contributed by atoms with E-state index in [9.17, 15) is 23.1 Å². The largest absolute Gasteiger partial charge is 0.456 e. The highest BCUT2D eigenvalue weighted by Crippen LogP contribution is 2.70. The van der Waals surface area contributed by atoms with Gasteiger partial charge in [0.15, 0.2) is 5.78 Å². The summed E-state index contributed by atoms with van der Waals surface area (Å²) in [5, 5.41) is 11.3. The third-order valence-corrected chi connectivity index (χ3v) is 9.54. The van der Waals surface area contributed by atoms with E-state index < -0.39 is 41.4 Å². The molecule has 2 nitrogen and oxygen atoms in total. The van der Waals surface area contributed by atoms with E-state index in [2.05, 4.69) is 6.58 Å². The normalized spacial score (nSPS) is 34.6. The molecule has 0 aliphatic heterocycles. The van der Waals surface area contributed by atoms with Crippen LogP contribution in [0.4, 0.5) is 22.0 Å². The van der Waals surface area contributed by atoms with Gasteiger partial charge < -0.3 is 5.11 Å². The second-order valence-corrected chi connectivity index (χ2v) is 11.4. The highest BCUT2D eigenvalue weighted by atomic mass is 19.4. The van der Waals surface area contributed by atoms with Gasteiger partial charge in [0.1, 0.15) is 5.60 Å². The number of hydrogen-bond acceptors (Lipinski definition) is 2. The Morgan fingerprint density at radius 1 is 1.11 bits per heavy atom. The first-order chi connectivity index (χ1) is 16.7. The molecule has 4 aliphatic rings. The molecule has 0 bridgehead atoms. The van der Waals surface area contributed by atoms with E-state index in [-0.39, 0.29) is 24.5 Å². The van der Waals surface area contributed by atoms with Gasteiger partial charge >= 0.3 is 12.1 Å². The second-order valence-electron chi connectivity index (χ2n) is 11.4. The number of rotatable bonds is 3. The average molecular weight is 507 g/mol. The zero-order chi connectivity index (χ0) is 26.3. The molecule has 194 valence electrons. The van der Waals surface area contributed by atoms with Crippen LogP contribution in [-0.4, -0.2) is 28.6 Å². The minimum atomic E-state index is -5.85. The maximum absolute atomic E-state index is 15.0. The van der Waals surface area contributed by atoms with Crippen molar-refractivity contribution in [3.63, 3.8) is 0 Å². The molecule has 5 atom stereocenters. The molecule has 0 amide bonds. The van der Waals surface area contributed by atoms with Crippen LogP contribution in [0, 0.1) is 17.3 Å². The zero-order valence-corrected chi connectivity index (χ0v) is 20.5. The maximum Gasteiger partial charge on any atom is 0.456 e. The lowest BCUT2D eigenvalue weighted by molar-refractivity contribution is -0.362. The summed E-state index contributed by atoms with van der Waals surface area (Å²) in [7, 11) is 0. The maximum atomic E-state index is 15.0. The van der Waals surface area contributed by atoms with Crippen molar-refractivity contribution in [3.8, 4) is 0 Å². The Morgan fingerprint density at radius 3 is 2.50 bits per heavy atom. The summed E-state index contributed by atoms with van der Waals surface area (Å²) in [5.41, 5.74) is 0.784.